The van der Waals surface area contributed by atoms with Crippen LogP contribution in [0.2, 0.25) is 0 Å². The van der Waals surface area contributed by atoms with E-state index in [9.17, 15) is 43.2 Å². The van der Waals surface area contributed by atoms with Crippen molar-refractivity contribution < 1.29 is 80.2 Å². The Kier molecular flexibility index (Phi) is 58.0. The summed E-state index contributed by atoms with van der Waals surface area (Å²) in [5.74, 6) is -0.560. The smallest absolute Gasteiger partial charge is 0.462 e. The topological polar surface area (TPSA) is 237 Å². The van der Waals surface area contributed by atoms with Crippen molar-refractivity contribution in [3.63, 3.8) is 0 Å². The number of aliphatic hydroxyl groups excluding tert-OH is 1. The fourth-order valence-electron chi connectivity index (χ4n) is 10.00. The molecule has 0 bridgehead atoms. The molecule has 0 saturated carbocycles. The van der Waals surface area contributed by atoms with E-state index in [4.69, 9.17) is 37.0 Å². The molecule has 0 radical (unpaired) electrons. The van der Waals surface area contributed by atoms with Crippen molar-refractivity contribution in [1.82, 2.24) is 0 Å². The molecule has 0 saturated heterocycles. The summed E-state index contributed by atoms with van der Waals surface area (Å²) in [7, 11) is -9.89. The van der Waals surface area contributed by atoms with Gasteiger partial charge in [0.1, 0.15) is 19.3 Å². The molecular weight excluding hydrogens is 1140 g/mol. The summed E-state index contributed by atoms with van der Waals surface area (Å²) in [4.78, 5) is 72.3. The second-order valence-electron chi connectivity index (χ2n) is 24.7. The van der Waals surface area contributed by atoms with Gasteiger partial charge in [-0.05, 0) is 37.5 Å². The van der Waals surface area contributed by atoms with Crippen molar-refractivity contribution in [2.75, 3.05) is 39.6 Å². The molecule has 0 spiro atoms. The number of phosphoric acid groups is 2. The monoisotopic (exact) mass is 1270 g/mol. The largest absolute Gasteiger partial charge is 0.472 e. The maximum absolute atomic E-state index is 13.0. The van der Waals surface area contributed by atoms with E-state index in [1.807, 2.05) is 0 Å². The maximum atomic E-state index is 13.0. The van der Waals surface area contributed by atoms with Crippen LogP contribution in [0, 0.1) is 11.8 Å². The number of unbranched alkanes of at least 4 members (excludes halogenated alkanes) is 34. The second-order valence-corrected chi connectivity index (χ2v) is 27.6. The van der Waals surface area contributed by atoms with Gasteiger partial charge in [-0.15, -0.1) is 0 Å². The molecule has 0 aromatic rings. The minimum atomic E-state index is -4.95. The lowest BCUT2D eigenvalue weighted by molar-refractivity contribution is -0.161. The molecule has 0 fully saturated rings. The van der Waals surface area contributed by atoms with Crippen molar-refractivity contribution in [2.24, 2.45) is 11.8 Å². The van der Waals surface area contributed by atoms with Crippen LogP contribution in [0.4, 0.5) is 0 Å². The van der Waals surface area contributed by atoms with Crippen molar-refractivity contribution in [1.29, 1.82) is 0 Å². The van der Waals surface area contributed by atoms with Crippen LogP contribution in [0.15, 0.2) is 0 Å². The lowest BCUT2D eigenvalue weighted by Gasteiger charge is -2.21. The van der Waals surface area contributed by atoms with Gasteiger partial charge in [0, 0.05) is 25.7 Å². The zero-order valence-corrected chi connectivity index (χ0v) is 57.4. The Bertz CT molecular complexity index is 1690. The van der Waals surface area contributed by atoms with Crippen LogP contribution in [0.1, 0.15) is 337 Å². The van der Waals surface area contributed by atoms with Crippen molar-refractivity contribution in [3.8, 4) is 0 Å². The molecular formula is C67H130O17P2. The van der Waals surface area contributed by atoms with E-state index in [1.54, 1.807) is 0 Å². The van der Waals surface area contributed by atoms with Gasteiger partial charge in [0.2, 0.25) is 0 Å². The first-order chi connectivity index (χ1) is 41.4. The Labute approximate surface area is 524 Å². The molecule has 0 aliphatic carbocycles. The number of ether oxygens (including phenoxy) is 4. The zero-order chi connectivity index (χ0) is 63.6. The van der Waals surface area contributed by atoms with Gasteiger partial charge < -0.3 is 33.8 Å². The predicted molar refractivity (Wildman–Crippen MR) is 345 cm³/mol. The molecule has 4 unspecified atom stereocenters. The molecule has 0 rings (SSSR count). The third kappa shape index (κ3) is 58.4. The Hall–Kier alpha value is -1.94. The molecule has 86 heavy (non-hydrogen) atoms. The quantitative estimate of drug-likeness (QED) is 0.0222. The third-order valence-corrected chi connectivity index (χ3v) is 18.1. The molecule has 0 aromatic heterocycles. The standard InChI is InChI=1S/C67H130O17P2/c1-7-11-13-15-17-18-19-20-21-25-32-38-44-50-65(70)78-56-63(83-66(71)51-45-39-33-26-23-22-24-30-35-41-47-59(5)9-3)58-82-86(75,76)80-54-61(68)53-79-85(73,74)81-57-62(55-77-64(69)49-43-37-29-16-14-12-8-2)84-67(72)52-46-40-34-28-27-31-36-42-48-60(6)10-4/h59-63,68H,7-58H2,1-6H3,(H,73,74)(H,75,76)/t59?,60?,61-,62+,63+/m0/s1. The Morgan fingerprint density at radius 2 is 0.558 bits per heavy atom. The fraction of sp³-hybridized carbons (Fsp3) is 0.940. The first-order valence-corrected chi connectivity index (χ1v) is 38.1. The van der Waals surface area contributed by atoms with E-state index in [0.29, 0.717) is 25.7 Å². The van der Waals surface area contributed by atoms with Gasteiger partial charge in [-0.1, -0.05) is 286 Å². The van der Waals surface area contributed by atoms with Crippen LogP contribution in [0.5, 0.6) is 0 Å². The summed E-state index contributed by atoms with van der Waals surface area (Å²) in [6.07, 6.45) is 43.0. The lowest BCUT2D eigenvalue weighted by atomic mass is 9.99. The summed E-state index contributed by atoms with van der Waals surface area (Å²) in [6.45, 7) is 9.51. The van der Waals surface area contributed by atoms with E-state index in [2.05, 4.69) is 41.5 Å². The van der Waals surface area contributed by atoms with Crippen LogP contribution < -0.4 is 0 Å². The molecule has 0 heterocycles. The summed E-state index contributed by atoms with van der Waals surface area (Å²) in [5.41, 5.74) is 0. The molecule has 17 nitrogen and oxygen atoms in total. The van der Waals surface area contributed by atoms with E-state index < -0.39 is 97.5 Å². The molecule has 0 amide bonds. The summed E-state index contributed by atoms with van der Waals surface area (Å²) in [6, 6.07) is 0. The number of esters is 4. The van der Waals surface area contributed by atoms with E-state index in [1.165, 1.54) is 141 Å². The molecule has 19 heteroatoms. The second kappa shape index (κ2) is 59.4. The van der Waals surface area contributed by atoms with Gasteiger partial charge in [-0.25, -0.2) is 9.13 Å². The van der Waals surface area contributed by atoms with Crippen LogP contribution in [-0.4, -0.2) is 96.7 Å². The van der Waals surface area contributed by atoms with Gasteiger partial charge in [0.05, 0.1) is 26.4 Å². The minimum Gasteiger partial charge on any atom is -0.462 e. The minimum absolute atomic E-state index is 0.104. The van der Waals surface area contributed by atoms with Crippen molar-refractivity contribution >= 4 is 39.5 Å². The highest BCUT2D eigenvalue weighted by atomic mass is 31.2. The Morgan fingerprint density at radius 3 is 0.826 bits per heavy atom. The fourth-order valence-corrected chi connectivity index (χ4v) is 11.6. The number of carbonyl (C=O) groups is 4. The van der Waals surface area contributed by atoms with Gasteiger partial charge in [-0.3, -0.25) is 37.3 Å². The van der Waals surface area contributed by atoms with Crippen LogP contribution in [0.3, 0.4) is 0 Å². The highest BCUT2D eigenvalue weighted by Crippen LogP contribution is 2.45. The molecule has 510 valence electrons. The SMILES string of the molecule is CCCCCCCCCCCCCCCC(=O)OC[C@H](COP(=O)(O)OC[C@@H](O)COP(=O)(O)OC[C@@H](COC(=O)CCCCCCCCC)OC(=O)CCCCCCCCCCC(C)CC)OC(=O)CCCCCCCCCCCCC(C)CC. The summed E-state index contributed by atoms with van der Waals surface area (Å²) < 4.78 is 68.1. The van der Waals surface area contributed by atoms with Crippen LogP contribution in [-0.2, 0) is 65.4 Å². The highest BCUT2D eigenvalue weighted by molar-refractivity contribution is 7.47. The Morgan fingerprint density at radius 1 is 0.326 bits per heavy atom. The van der Waals surface area contributed by atoms with Gasteiger partial charge in [0.15, 0.2) is 12.2 Å². The number of carbonyl (C=O) groups excluding carboxylic acids is 4. The molecule has 0 aliphatic rings. The molecule has 3 N–H and O–H groups in total. The predicted octanol–water partition coefficient (Wildman–Crippen LogP) is 18.8. The van der Waals surface area contributed by atoms with Gasteiger partial charge in [-0.2, -0.15) is 0 Å². The lowest BCUT2D eigenvalue weighted by Crippen LogP contribution is -2.30. The van der Waals surface area contributed by atoms with Crippen LogP contribution >= 0.6 is 15.6 Å². The average molecular weight is 1270 g/mol. The van der Waals surface area contributed by atoms with Crippen LogP contribution in [0.25, 0.3) is 0 Å². The Balaban J connectivity index is 5.23. The van der Waals surface area contributed by atoms with Crippen molar-refractivity contribution in [2.45, 2.75) is 355 Å². The maximum Gasteiger partial charge on any atom is 0.472 e. The molecule has 7 atom stereocenters. The highest BCUT2D eigenvalue weighted by Gasteiger charge is 2.30. The van der Waals surface area contributed by atoms with Gasteiger partial charge >= 0.3 is 39.5 Å². The third-order valence-electron chi connectivity index (χ3n) is 16.2. The molecule has 0 aliphatic heterocycles. The van der Waals surface area contributed by atoms with Gasteiger partial charge in [0.25, 0.3) is 0 Å². The first-order valence-electron chi connectivity index (χ1n) is 35.1. The average Bonchev–Trinajstić information content (AvgIpc) is 3.52. The van der Waals surface area contributed by atoms with E-state index in [0.717, 1.165) is 115 Å². The summed E-state index contributed by atoms with van der Waals surface area (Å²) >= 11 is 0. The number of phosphoric ester groups is 2. The normalized spacial score (nSPS) is 14.8. The number of hydrogen-bond acceptors (Lipinski definition) is 15. The number of rotatable bonds is 66. The number of aliphatic hydroxyl groups is 1. The van der Waals surface area contributed by atoms with Crippen molar-refractivity contribution in [3.05, 3.63) is 0 Å². The first kappa shape index (κ1) is 84.1. The zero-order valence-electron chi connectivity index (χ0n) is 55.6. The summed E-state index contributed by atoms with van der Waals surface area (Å²) in [5, 5.41) is 10.6. The molecule has 0 aromatic carbocycles. The van der Waals surface area contributed by atoms with E-state index >= 15 is 0 Å². The van der Waals surface area contributed by atoms with E-state index in [-0.39, 0.29) is 25.7 Å². The number of hydrogen-bond donors (Lipinski definition) is 3.